The Morgan fingerprint density at radius 3 is 1.95 bits per heavy atom. The topological polar surface area (TPSA) is 9.23 Å². The minimum absolute atomic E-state index is 0.0437. The molecule has 2 atom stereocenters. The summed E-state index contributed by atoms with van der Waals surface area (Å²) in [6.45, 7) is 20.3. The summed E-state index contributed by atoms with van der Waals surface area (Å²) >= 11 is 0. The third-order valence-corrected chi connectivity index (χ3v) is 5.65. The van der Waals surface area contributed by atoms with Crippen LogP contribution in [-0.4, -0.2) is 12.0 Å². The zero-order chi connectivity index (χ0) is 17.2. The molecule has 0 aliphatic rings. The number of benzene rings is 1. The van der Waals surface area contributed by atoms with E-state index in [1.165, 1.54) is 11.1 Å². The van der Waals surface area contributed by atoms with Gasteiger partial charge >= 0.3 is 0 Å². The van der Waals surface area contributed by atoms with Gasteiger partial charge in [0.25, 0.3) is 0 Å². The average Bonchev–Trinajstić information content (AvgIpc) is 2.36. The second-order valence-corrected chi connectivity index (χ2v) is 10.1. The van der Waals surface area contributed by atoms with Crippen molar-refractivity contribution in [3.63, 3.8) is 0 Å². The Kier molecular flexibility index (Phi) is 6.13. The minimum Gasteiger partial charge on any atom is -0.483 e. The van der Waals surface area contributed by atoms with Crippen LogP contribution in [0.25, 0.3) is 0 Å². The molecule has 0 aliphatic heterocycles. The predicted molar refractivity (Wildman–Crippen MR) is 102 cm³/mol. The van der Waals surface area contributed by atoms with Crippen LogP contribution in [-0.2, 0) is 10.8 Å². The summed E-state index contributed by atoms with van der Waals surface area (Å²) in [5.41, 5.74) is 2.94. The van der Waals surface area contributed by atoms with Crippen molar-refractivity contribution in [1.29, 1.82) is 0 Å². The second-order valence-electron chi connectivity index (χ2n) is 8.54. The molecule has 2 heteroatoms. The SMILES string of the molecule is CCCC(C)(Oc1ccc(C(C)(C)C)cc1C(C)(C)C)PC. The maximum atomic E-state index is 6.53. The lowest BCUT2D eigenvalue weighted by Crippen LogP contribution is -2.28. The van der Waals surface area contributed by atoms with Crippen LogP contribution in [0.3, 0.4) is 0 Å². The van der Waals surface area contributed by atoms with Gasteiger partial charge in [-0.1, -0.05) is 75.6 Å². The normalized spacial score (nSPS) is 16.0. The highest BCUT2D eigenvalue weighted by molar-refractivity contribution is 7.38. The van der Waals surface area contributed by atoms with Crippen LogP contribution in [0.5, 0.6) is 5.75 Å². The van der Waals surface area contributed by atoms with Gasteiger partial charge in [-0.25, -0.2) is 0 Å². The van der Waals surface area contributed by atoms with Crippen LogP contribution in [0.2, 0.25) is 0 Å². The summed E-state index contributed by atoms with van der Waals surface area (Å²) in [6.07, 6.45) is 2.26. The molecule has 0 saturated carbocycles. The molecular weight excluding hydrogens is 287 g/mol. The highest BCUT2D eigenvalue weighted by atomic mass is 31.1. The molecule has 1 aromatic rings. The van der Waals surface area contributed by atoms with Crippen molar-refractivity contribution in [2.45, 2.75) is 84.4 Å². The Morgan fingerprint density at radius 1 is 0.955 bits per heavy atom. The first-order chi connectivity index (χ1) is 9.93. The summed E-state index contributed by atoms with van der Waals surface area (Å²) in [7, 11) is 0.778. The summed E-state index contributed by atoms with van der Waals surface area (Å²) in [6, 6.07) is 6.77. The Labute approximate surface area is 140 Å². The van der Waals surface area contributed by atoms with Gasteiger partial charge in [-0.2, -0.15) is 0 Å². The van der Waals surface area contributed by atoms with Gasteiger partial charge < -0.3 is 4.74 Å². The van der Waals surface area contributed by atoms with E-state index in [1.54, 1.807) is 0 Å². The predicted octanol–water partition coefficient (Wildman–Crippen LogP) is 6.49. The van der Waals surface area contributed by atoms with E-state index >= 15 is 0 Å². The summed E-state index contributed by atoms with van der Waals surface area (Å²) in [5.74, 6) is 1.06. The Balaban J connectivity index is 3.30. The van der Waals surface area contributed by atoms with E-state index < -0.39 is 0 Å². The zero-order valence-electron chi connectivity index (χ0n) is 16.1. The van der Waals surface area contributed by atoms with Crippen LogP contribution in [0.15, 0.2) is 18.2 Å². The third-order valence-electron chi connectivity index (χ3n) is 4.24. The molecule has 0 amide bonds. The van der Waals surface area contributed by atoms with Crippen LogP contribution in [0.1, 0.15) is 79.4 Å². The number of rotatable bonds is 5. The molecule has 2 unspecified atom stereocenters. The number of hydrogen-bond donors (Lipinski definition) is 0. The lowest BCUT2D eigenvalue weighted by Gasteiger charge is -2.34. The van der Waals surface area contributed by atoms with E-state index in [4.69, 9.17) is 4.74 Å². The van der Waals surface area contributed by atoms with Gasteiger partial charge in [-0.3, -0.25) is 0 Å². The molecule has 0 heterocycles. The lowest BCUT2D eigenvalue weighted by molar-refractivity contribution is 0.167. The van der Waals surface area contributed by atoms with Gasteiger partial charge in [-0.05, 0) is 48.0 Å². The van der Waals surface area contributed by atoms with E-state index in [2.05, 4.69) is 80.3 Å². The summed E-state index contributed by atoms with van der Waals surface area (Å²) in [5, 5.41) is -0.0437. The largest absolute Gasteiger partial charge is 0.483 e. The molecule has 0 aromatic heterocycles. The molecule has 0 bridgehead atoms. The summed E-state index contributed by atoms with van der Waals surface area (Å²) in [4.78, 5) is 0. The Hall–Kier alpha value is -0.550. The molecule has 0 N–H and O–H groups in total. The molecule has 126 valence electrons. The van der Waals surface area contributed by atoms with Gasteiger partial charge in [-0.15, -0.1) is 0 Å². The van der Waals surface area contributed by atoms with Crippen molar-refractivity contribution in [3.8, 4) is 5.75 Å². The first kappa shape index (κ1) is 19.5. The molecule has 0 fully saturated rings. The Morgan fingerprint density at radius 2 is 1.55 bits per heavy atom. The lowest BCUT2D eigenvalue weighted by atomic mass is 9.80. The quantitative estimate of drug-likeness (QED) is 0.563. The first-order valence-electron chi connectivity index (χ1n) is 8.46. The highest BCUT2D eigenvalue weighted by Crippen LogP contribution is 2.41. The monoisotopic (exact) mass is 322 g/mol. The molecule has 1 rings (SSSR count). The Bertz CT molecular complexity index is 493. The van der Waals surface area contributed by atoms with Crippen molar-refractivity contribution in [2.75, 3.05) is 6.66 Å². The molecule has 1 aromatic carbocycles. The fourth-order valence-corrected chi connectivity index (χ4v) is 3.33. The van der Waals surface area contributed by atoms with E-state index in [0.29, 0.717) is 0 Å². The van der Waals surface area contributed by atoms with Crippen molar-refractivity contribution in [3.05, 3.63) is 29.3 Å². The van der Waals surface area contributed by atoms with Gasteiger partial charge in [0.05, 0.1) is 0 Å². The van der Waals surface area contributed by atoms with Gasteiger partial charge in [0.15, 0.2) is 0 Å². The van der Waals surface area contributed by atoms with E-state index in [9.17, 15) is 0 Å². The maximum absolute atomic E-state index is 6.53. The van der Waals surface area contributed by atoms with Crippen molar-refractivity contribution < 1.29 is 4.74 Å². The van der Waals surface area contributed by atoms with Crippen molar-refractivity contribution >= 4 is 8.58 Å². The van der Waals surface area contributed by atoms with Crippen molar-refractivity contribution in [2.24, 2.45) is 0 Å². The zero-order valence-corrected chi connectivity index (χ0v) is 17.1. The molecule has 0 aliphatic carbocycles. The molecule has 0 radical (unpaired) electrons. The smallest absolute Gasteiger partial charge is 0.124 e. The van der Waals surface area contributed by atoms with E-state index in [0.717, 1.165) is 27.2 Å². The van der Waals surface area contributed by atoms with E-state index in [1.807, 2.05) is 0 Å². The standard InChI is InChI=1S/C20H35OP/c1-10-13-20(8,22-9)21-17-12-11-15(18(2,3)4)14-16(17)19(5,6)7/h11-12,14,22H,10,13H2,1-9H3. The minimum atomic E-state index is -0.0437. The van der Waals surface area contributed by atoms with E-state index in [-0.39, 0.29) is 16.2 Å². The van der Waals surface area contributed by atoms with Crippen molar-refractivity contribution in [1.82, 2.24) is 0 Å². The van der Waals surface area contributed by atoms with Crippen LogP contribution in [0, 0.1) is 0 Å². The van der Waals surface area contributed by atoms with Gasteiger partial charge in [0.2, 0.25) is 0 Å². The molecule has 0 saturated heterocycles. The average molecular weight is 322 g/mol. The fraction of sp³-hybridized carbons (Fsp3) is 0.700. The second kappa shape index (κ2) is 6.91. The molecular formula is C20H35OP. The molecule has 22 heavy (non-hydrogen) atoms. The van der Waals surface area contributed by atoms with Crippen LogP contribution in [0.4, 0.5) is 0 Å². The fourth-order valence-electron chi connectivity index (χ4n) is 2.62. The van der Waals surface area contributed by atoms with Gasteiger partial charge in [0, 0.05) is 0 Å². The van der Waals surface area contributed by atoms with Crippen LogP contribution >= 0.6 is 8.58 Å². The van der Waals surface area contributed by atoms with Gasteiger partial charge in [0.1, 0.15) is 11.1 Å². The molecule has 0 spiro atoms. The summed E-state index contributed by atoms with van der Waals surface area (Å²) < 4.78 is 6.53. The first-order valence-corrected chi connectivity index (χ1v) is 9.96. The van der Waals surface area contributed by atoms with Crippen LogP contribution < -0.4 is 4.74 Å². The maximum Gasteiger partial charge on any atom is 0.124 e. The number of hydrogen-bond acceptors (Lipinski definition) is 1. The molecule has 1 nitrogen and oxygen atoms in total. The number of ether oxygens (including phenoxy) is 1. The highest BCUT2D eigenvalue weighted by Gasteiger charge is 2.28. The third kappa shape index (κ3) is 4.98.